The van der Waals surface area contributed by atoms with Gasteiger partial charge in [0.05, 0.1) is 5.69 Å². The molecular formula is C11H7NOS2. The molecule has 15 heavy (non-hydrogen) atoms. The summed E-state index contributed by atoms with van der Waals surface area (Å²) in [5.74, 6) is 0. The van der Waals surface area contributed by atoms with Crippen LogP contribution >= 0.6 is 22.7 Å². The second kappa shape index (κ2) is 3.32. The summed E-state index contributed by atoms with van der Waals surface area (Å²) in [4.78, 5) is 13.9. The second-order valence-corrected chi connectivity index (χ2v) is 4.96. The van der Waals surface area contributed by atoms with E-state index < -0.39 is 0 Å². The topological polar surface area (TPSA) is 32.9 Å². The van der Waals surface area contributed by atoms with Crippen LogP contribution in [0.15, 0.2) is 39.8 Å². The number of nitrogens with one attached hydrogen (secondary N) is 1. The van der Waals surface area contributed by atoms with Gasteiger partial charge in [-0.05, 0) is 6.07 Å². The van der Waals surface area contributed by atoms with Crippen molar-refractivity contribution in [3.63, 3.8) is 0 Å². The molecule has 2 aromatic heterocycles. The number of thiazole rings is 1. The zero-order valence-corrected chi connectivity index (χ0v) is 9.32. The van der Waals surface area contributed by atoms with E-state index in [1.54, 1.807) is 11.3 Å². The van der Waals surface area contributed by atoms with Crippen LogP contribution in [0.1, 0.15) is 0 Å². The zero-order valence-electron chi connectivity index (χ0n) is 7.69. The van der Waals surface area contributed by atoms with Gasteiger partial charge >= 0.3 is 4.87 Å². The lowest BCUT2D eigenvalue weighted by molar-refractivity contribution is 1.35. The lowest BCUT2D eigenvalue weighted by Gasteiger charge is -1.93. The molecule has 3 rings (SSSR count). The van der Waals surface area contributed by atoms with E-state index in [9.17, 15) is 4.79 Å². The van der Waals surface area contributed by atoms with Crippen LogP contribution in [0.3, 0.4) is 0 Å². The van der Waals surface area contributed by atoms with Gasteiger partial charge in [-0.15, -0.1) is 11.3 Å². The van der Waals surface area contributed by atoms with Crippen LogP contribution in [0.4, 0.5) is 0 Å². The van der Waals surface area contributed by atoms with Crippen molar-refractivity contribution >= 4 is 32.8 Å². The highest BCUT2D eigenvalue weighted by Gasteiger charge is 2.07. The van der Waals surface area contributed by atoms with E-state index in [1.807, 2.05) is 17.5 Å². The number of rotatable bonds is 1. The molecule has 0 saturated carbocycles. The van der Waals surface area contributed by atoms with E-state index in [2.05, 4.69) is 22.5 Å². The Kier molecular flexibility index (Phi) is 1.97. The van der Waals surface area contributed by atoms with Crippen molar-refractivity contribution in [3.8, 4) is 11.3 Å². The molecule has 74 valence electrons. The number of H-pyrrole nitrogens is 1. The molecule has 1 aromatic carbocycles. The number of aromatic amines is 1. The highest BCUT2D eigenvalue weighted by atomic mass is 32.1. The number of benzene rings is 1. The third kappa shape index (κ3) is 1.42. The lowest BCUT2D eigenvalue weighted by atomic mass is 10.1. The van der Waals surface area contributed by atoms with E-state index in [0.717, 1.165) is 11.3 Å². The molecule has 0 atom stereocenters. The van der Waals surface area contributed by atoms with E-state index in [-0.39, 0.29) is 4.87 Å². The molecule has 0 aliphatic rings. The Morgan fingerprint density at radius 1 is 1.07 bits per heavy atom. The monoisotopic (exact) mass is 233 g/mol. The Morgan fingerprint density at radius 2 is 1.93 bits per heavy atom. The van der Waals surface area contributed by atoms with Gasteiger partial charge in [0, 0.05) is 26.4 Å². The van der Waals surface area contributed by atoms with Crippen molar-refractivity contribution < 1.29 is 0 Å². The maximum Gasteiger partial charge on any atom is 0.304 e. The summed E-state index contributed by atoms with van der Waals surface area (Å²) in [5, 5.41) is 5.16. The summed E-state index contributed by atoms with van der Waals surface area (Å²) in [5.41, 5.74) is 2.04. The van der Waals surface area contributed by atoms with Crippen LogP contribution in [-0.4, -0.2) is 4.98 Å². The lowest BCUT2D eigenvalue weighted by Crippen LogP contribution is -1.91. The minimum absolute atomic E-state index is 0.000260. The molecular weight excluding hydrogens is 226 g/mol. The normalized spacial score (nSPS) is 10.9. The summed E-state index contributed by atoms with van der Waals surface area (Å²) >= 11 is 2.91. The van der Waals surface area contributed by atoms with Crippen molar-refractivity contribution in [3.05, 3.63) is 44.7 Å². The highest BCUT2D eigenvalue weighted by molar-refractivity contribution is 7.17. The van der Waals surface area contributed by atoms with E-state index in [4.69, 9.17) is 0 Å². The number of thiophene rings is 1. The maximum absolute atomic E-state index is 11.1. The average molecular weight is 233 g/mol. The molecule has 2 heterocycles. The van der Waals surface area contributed by atoms with Gasteiger partial charge in [0.1, 0.15) is 0 Å². The zero-order chi connectivity index (χ0) is 10.3. The molecule has 0 saturated heterocycles. The molecule has 0 unspecified atom stereocenters. The fourth-order valence-electron chi connectivity index (χ4n) is 1.60. The Hall–Kier alpha value is -1.39. The molecule has 0 aliphatic heterocycles. The van der Waals surface area contributed by atoms with Crippen molar-refractivity contribution in [1.29, 1.82) is 0 Å². The highest BCUT2D eigenvalue weighted by Crippen LogP contribution is 2.32. The molecule has 0 aliphatic carbocycles. The van der Waals surface area contributed by atoms with Crippen molar-refractivity contribution in [2.45, 2.75) is 0 Å². The Balaban J connectivity index is 2.32. The number of fused-ring (bicyclic) bond motifs is 1. The SMILES string of the molecule is O=c1[nH]c(-c2csc3ccccc23)cs1. The van der Waals surface area contributed by atoms with Gasteiger partial charge in [0.2, 0.25) is 0 Å². The van der Waals surface area contributed by atoms with Gasteiger partial charge in [-0.25, -0.2) is 0 Å². The van der Waals surface area contributed by atoms with Crippen LogP contribution in [-0.2, 0) is 0 Å². The summed E-state index contributed by atoms with van der Waals surface area (Å²) in [6.45, 7) is 0. The van der Waals surface area contributed by atoms with Crippen LogP contribution in [0.2, 0.25) is 0 Å². The molecule has 0 fully saturated rings. The van der Waals surface area contributed by atoms with Crippen molar-refractivity contribution in [2.75, 3.05) is 0 Å². The molecule has 0 bridgehead atoms. The molecule has 1 N–H and O–H groups in total. The van der Waals surface area contributed by atoms with E-state index in [0.29, 0.717) is 0 Å². The first-order valence-corrected chi connectivity index (χ1v) is 6.25. The fraction of sp³-hybridized carbons (Fsp3) is 0. The van der Waals surface area contributed by atoms with Gasteiger partial charge < -0.3 is 4.98 Å². The molecule has 3 aromatic rings. The van der Waals surface area contributed by atoms with Gasteiger partial charge in [-0.2, -0.15) is 0 Å². The minimum Gasteiger partial charge on any atom is -0.312 e. The molecule has 0 spiro atoms. The molecule has 4 heteroatoms. The van der Waals surface area contributed by atoms with Gasteiger partial charge in [0.15, 0.2) is 0 Å². The Bertz CT molecular complexity index is 662. The predicted molar refractivity (Wildman–Crippen MR) is 65.8 cm³/mol. The summed E-state index contributed by atoms with van der Waals surface area (Å²) in [6, 6.07) is 8.22. The third-order valence-corrected chi connectivity index (χ3v) is 3.92. The third-order valence-electron chi connectivity index (χ3n) is 2.29. The van der Waals surface area contributed by atoms with Crippen molar-refractivity contribution in [1.82, 2.24) is 4.98 Å². The summed E-state index contributed by atoms with van der Waals surface area (Å²) < 4.78 is 1.25. The van der Waals surface area contributed by atoms with Gasteiger partial charge in [-0.1, -0.05) is 29.5 Å². The second-order valence-electron chi connectivity index (χ2n) is 3.21. The first-order chi connectivity index (χ1) is 7.34. The van der Waals surface area contributed by atoms with Crippen LogP contribution in [0, 0.1) is 0 Å². The summed E-state index contributed by atoms with van der Waals surface area (Å²) in [6.07, 6.45) is 0. The smallest absolute Gasteiger partial charge is 0.304 e. The summed E-state index contributed by atoms with van der Waals surface area (Å²) in [7, 11) is 0. The van der Waals surface area contributed by atoms with Gasteiger partial charge in [-0.3, -0.25) is 4.79 Å². The number of hydrogen-bond acceptors (Lipinski definition) is 3. The average Bonchev–Trinajstić information content (AvgIpc) is 2.83. The predicted octanol–water partition coefficient (Wildman–Crippen LogP) is 3.32. The van der Waals surface area contributed by atoms with E-state index in [1.165, 1.54) is 21.4 Å². The van der Waals surface area contributed by atoms with Crippen LogP contribution in [0.5, 0.6) is 0 Å². The Morgan fingerprint density at radius 3 is 2.73 bits per heavy atom. The molecule has 0 radical (unpaired) electrons. The largest absolute Gasteiger partial charge is 0.312 e. The molecule has 0 amide bonds. The van der Waals surface area contributed by atoms with Crippen LogP contribution in [0.25, 0.3) is 21.3 Å². The number of aromatic nitrogens is 1. The first-order valence-electron chi connectivity index (χ1n) is 4.49. The fourth-order valence-corrected chi connectivity index (χ4v) is 3.14. The maximum atomic E-state index is 11.1. The van der Waals surface area contributed by atoms with Crippen LogP contribution < -0.4 is 4.87 Å². The molecule has 2 nitrogen and oxygen atoms in total. The van der Waals surface area contributed by atoms with Crippen molar-refractivity contribution in [2.24, 2.45) is 0 Å². The standard InChI is InChI=1S/C11H7NOS2/c13-11-12-9(6-15-11)8-5-14-10-4-2-1-3-7(8)10/h1-6H,(H,12,13). The quantitative estimate of drug-likeness (QED) is 0.687. The minimum atomic E-state index is 0.000260. The number of hydrogen-bond donors (Lipinski definition) is 1. The Labute approximate surface area is 93.8 Å². The van der Waals surface area contributed by atoms with E-state index >= 15 is 0 Å². The van der Waals surface area contributed by atoms with Gasteiger partial charge in [0.25, 0.3) is 0 Å². The first kappa shape index (κ1) is 8.88.